The van der Waals surface area contributed by atoms with Crippen LogP contribution in [0.25, 0.3) is 11.1 Å². The van der Waals surface area contributed by atoms with Crippen molar-refractivity contribution in [2.24, 2.45) is 0 Å². The fraction of sp³-hybridized carbons (Fsp3) is 0.391. The van der Waals surface area contributed by atoms with Crippen LogP contribution < -0.4 is 5.32 Å². The van der Waals surface area contributed by atoms with E-state index in [1.165, 1.54) is 0 Å². The van der Waals surface area contributed by atoms with Gasteiger partial charge in [-0.05, 0) is 29.7 Å². The van der Waals surface area contributed by atoms with Crippen LogP contribution in [0.1, 0.15) is 16.8 Å². The minimum atomic E-state index is -2.91. The van der Waals surface area contributed by atoms with E-state index >= 15 is 0 Å². The third kappa shape index (κ3) is 5.32. The molecule has 0 aliphatic carbocycles. The molecular formula is C23H27N3O4S. The van der Waals surface area contributed by atoms with E-state index in [1.54, 1.807) is 17.0 Å². The number of hydrogen-bond acceptors (Lipinski definition) is 5. The number of piperazine rings is 1. The molecule has 2 aromatic rings. The Kier molecular flexibility index (Phi) is 6.38. The standard InChI is InChI=1S/C23H27N3O4S/c27-22(26-13-11-25(12-14-26)21-10-15-31(29,30)17-21)16-24-23(28)20-8-6-19(7-9-20)18-4-2-1-3-5-18/h1-9,21H,10-17H2,(H,24,28). The number of rotatable bonds is 5. The molecule has 2 aromatic carbocycles. The molecule has 1 unspecified atom stereocenters. The molecule has 31 heavy (non-hydrogen) atoms. The Morgan fingerprint density at radius 2 is 1.55 bits per heavy atom. The summed E-state index contributed by atoms with van der Waals surface area (Å²) in [5.41, 5.74) is 2.62. The van der Waals surface area contributed by atoms with E-state index in [0.29, 0.717) is 38.2 Å². The third-order valence-corrected chi connectivity index (χ3v) is 7.80. The molecule has 7 nitrogen and oxygen atoms in total. The molecule has 4 rings (SSSR count). The quantitative estimate of drug-likeness (QED) is 0.758. The van der Waals surface area contributed by atoms with Gasteiger partial charge in [0.1, 0.15) is 0 Å². The number of nitrogens with zero attached hydrogens (tertiary/aromatic N) is 2. The first-order valence-corrected chi connectivity index (χ1v) is 12.4. The van der Waals surface area contributed by atoms with Crippen molar-refractivity contribution in [3.63, 3.8) is 0 Å². The number of carbonyl (C=O) groups excluding carboxylic acids is 2. The van der Waals surface area contributed by atoms with E-state index in [4.69, 9.17) is 0 Å². The molecule has 0 aromatic heterocycles. The lowest BCUT2D eigenvalue weighted by Crippen LogP contribution is -2.53. The van der Waals surface area contributed by atoms with Gasteiger partial charge in [-0.1, -0.05) is 42.5 Å². The van der Waals surface area contributed by atoms with Gasteiger partial charge in [-0.2, -0.15) is 0 Å². The smallest absolute Gasteiger partial charge is 0.251 e. The molecule has 2 amide bonds. The maximum atomic E-state index is 12.5. The van der Waals surface area contributed by atoms with Crippen molar-refractivity contribution in [1.29, 1.82) is 0 Å². The van der Waals surface area contributed by atoms with E-state index in [2.05, 4.69) is 10.2 Å². The van der Waals surface area contributed by atoms with Crippen molar-refractivity contribution in [2.75, 3.05) is 44.2 Å². The van der Waals surface area contributed by atoms with Crippen LogP contribution in [0.2, 0.25) is 0 Å². The summed E-state index contributed by atoms with van der Waals surface area (Å²) in [5.74, 6) is 0.0885. The summed E-state index contributed by atoms with van der Waals surface area (Å²) in [6.07, 6.45) is 0.676. The molecule has 2 fully saturated rings. The maximum absolute atomic E-state index is 12.5. The van der Waals surface area contributed by atoms with Gasteiger partial charge in [0, 0.05) is 37.8 Å². The molecule has 2 heterocycles. The van der Waals surface area contributed by atoms with E-state index in [1.807, 2.05) is 42.5 Å². The minimum absolute atomic E-state index is 0.0446. The van der Waals surface area contributed by atoms with Crippen molar-refractivity contribution in [1.82, 2.24) is 15.1 Å². The molecule has 8 heteroatoms. The summed E-state index contributed by atoms with van der Waals surface area (Å²) in [4.78, 5) is 28.8. The Bertz CT molecular complexity index is 1030. The summed E-state index contributed by atoms with van der Waals surface area (Å²) in [6, 6.07) is 17.3. The van der Waals surface area contributed by atoms with Crippen LogP contribution in [0.15, 0.2) is 54.6 Å². The van der Waals surface area contributed by atoms with Crippen LogP contribution >= 0.6 is 0 Å². The van der Waals surface area contributed by atoms with Crippen molar-refractivity contribution >= 4 is 21.7 Å². The second kappa shape index (κ2) is 9.20. The van der Waals surface area contributed by atoms with Crippen LogP contribution in [0.5, 0.6) is 0 Å². The first-order chi connectivity index (χ1) is 14.9. The molecule has 0 spiro atoms. The van der Waals surface area contributed by atoms with Gasteiger partial charge in [-0.25, -0.2) is 8.42 Å². The number of hydrogen-bond donors (Lipinski definition) is 1. The van der Waals surface area contributed by atoms with E-state index < -0.39 is 9.84 Å². The van der Waals surface area contributed by atoms with Crippen LogP contribution in [-0.2, 0) is 14.6 Å². The predicted molar refractivity (Wildman–Crippen MR) is 119 cm³/mol. The average molecular weight is 442 g/mol. The van der Waals surface area contributed by atoms with Crippen molar-refractivity contribution in [2.45, 2.75) is 12.5 Å². The third-order valence-electron chi connectivity index (χ3n) is 6.05. The highest BCUT2D eigenvalue weighted by Crippen LogP contribution is 2.20. The lowest BCUT2D eigenvalue weighted by molar-refractivity contribution is -0.132. The first kappa shape index (κ1) is 21.5. The van der Waals surface area contributed by atoms with Crippen molar-refractivity contribution in [3.8, 4) is 11.1 Å². The van der Waals surface area contributed by atoms with Crippen molar-refractivity contribution < 1.29 is 18.0 Å². The molecule has 2 aliphatic rings. The fourth-order valence-corrected chi connectivity index (χ4v) is 5.98. The van der Waals surface area contributed by atoms with Crippen LogP contribution in [-0.4, -0.2) is 80.3 Å². The monoisotopic (exact) mass is 441 g/mol. The Balaban J connectivity index is 1.24. The summed E-state index contributed by atoms with van der Waals surface area (Å²) in [7, 11) is -2.91. The largest absolute Gasteiger partial charge is 0.343 e. The number of sulfone groups is 1. The molecule has 0 radical (unpaired) electrons. The molecular weight excluding hydrogens is 414 g/mol. The molecule has 2 aliphatic heterocycles. The predicted octanol–water partition coefficient (Wildman–Crippen LogP) is 1.41. The average Bonchev–Trinajstić information content (AvgIpc) is 3.17. The van der Waals surface area contributed by atoms with Gasteiger partial charge in [0.15, 0.2) is 9.84 Å². The van der Waals surface area contributed by atoms with Gasteiger partial charge < -0.3 is 10.2 Å². The summed E-state index contributed by atoms with van der Waals surface area (Å²) < 4.78 is 23.4. The van der Waals surface area contributed by atoms with Gasteiger partial charge in [-0.15, -0.1) is 0 Å². The molecule has 2 saturated heterocycles. The Labute approximate surface area is 183 Å². The zero-order chi connectivity index (χ0) is 21.8. The number of amides is 2. The van der Waals surface area contributed by atoms with Crippen molar-refractivity contribution in [3.05, 3.63) is 60.2 Å². The number of nitrogens with one attached hydrogen (secondary N) is 1. The Hall–Kier alpha value is -2.71. The zero-order valence-corrected chi connectivity index (χ0v) is 18.2. The Morgan fingerprint density at radius 3 is 2.16 bits per heavy atom. The molecule has 0 saturated carbocycles. The second-order valence-corrected chi connectivity index (χ2v) is 10.3. The lowest BCUT2D eigenvalue weighted by Gasteiger charge is -2.37. The highest BCUT2D eigenvalue weighted by molar-refractivity contribution is 7.91. The van der Waals surface area contributed by atoms with Gasteiger partial charge in [0.2, 0.25) is 5.91 Å². The van der Waals surface area contributed by atoms with E-state index in [9.17, 15) is 18.0 Å². The normalized spacial score (nSPS) is 21.0. The lowest BCUT2D eigenvalue weighted by atomic mass is 10.0. The maximum Gasteiger partial charge on any atom is 0.251 e. The Morgan fingerprint density at radius 1 is 0.903 bits per heavy atom. The van der Waals surface area contributed by atoms with Gasteiger partial charge >= 0.3 is 0 Å². The highest BCUT2D eigenvalue weighted by Gasteiger charge is 2.34. The first-order valence-electron chi connectivity index (χ1n) is 10.6. The van der Waals surface area contributed by atoms with E-state index in [0.717, 1.165) is 11.1 Å². The van der Waals surface area contributed by atoms with E-state index in [-0.39, 0.29) is 35.9 Å². The van der Waals surface area contributed by atoms with Gasteiger partial charge in [-0.3, -0.25) is 14.5 Å². The fourth-order valence-electron chi connectivity index (χ4n) is 4.21. The minimum Gasteiger partial charge on any atom is -0.343 e. The number of benzene rings is 2. The number of carbonyl (C=O) groups is 2. The van der Waals surface area contributed by atoms with Crippen LogP contribution in [0.3, 0.4) is 0 Å². The van der Waals surface area contributed by atoms with Gasteiger partial charge in [0.05, 0.1) is 18.1 Å². The summed E-state index contributed by atoms with van der Waals surface area (Å²) >= 11 is 0. The molecule has 0 bridgehead atoms. The zero-order valence-electron chi connectivity index (χ0n) is 17.4. The second-order valence-electron chi connectivity index (χ2n) is 8.10. The molecule has 1 N–H and O–H groups in total. The van der Waals surface area contributed by atoms with Crippen LogP contribution in [0.4, 0.5) is 0 Å². The molecule has 164 valence electrons. The summed E-state index contributed by atoms with van der Waals surface area (Å²) in [5, 5.41) is 2.71. The van der Waals surface area contributed by atoms with Gasteiger partial charge in [0.25, 0.3) is 5.91 Å². The topological polar surface area (TPSA) is 86.8 Å². The highest BCUT2D eigenvalue weighted by atomic mass is 32.2. The SMILES string of the molecule is O=C(NCC(=O)N1CCN(C2CCS(=O)(=O)C2)CC1)c1ccc(-c2ccccc2)cc1. The van der Waals surface area contributed by atoms with Crippen LogP contribution in [0, 0.1) is 0 Å². The molecule has 1 atom stereocenters. The summed E-state index contributed by atoms with van der Waals surface area (Å²) in [6.45, 7) is 2.40.